The molecule has 4 N–H and O–H groups in total. The van der Waals surface area contributed by atoms with Crippen molar-refractivity contribution in [3.63, 3.8) is 0 Å². The fraction of sp³-hybridized carbons (Fsp3) is 0.727. The van der Waals surface area contributed by atoms with E-state index < -0.39 is 30.7 Å². The van der Waals surface area contributed by atoms with E-state index in [1.807, 2.05) is 0 Å². The Balaban J connectivity index is 2.71. The molecule has 0 radical (unpaired) electrons. The van der Waals surface area contributed by atoms with E-state index in [0.29, 0.717) is 13.0 Å². The van der Waals surface area contributed by atoms with E-state index in [4.69, 9.17) is 10.2 Å². The number of carbonyl (C=O) groups is 3. The minimum Gasteiger partial charge on any atom is -0.480 e. The average Bonchev–Trinajstić information content (AvgIpc) is 2.43. The van der Waals surface area contributed by atoms with Gasteiger partial charge in [-0.25, -0.2) is 9.59 Å². The molecule has 2 unspecified atom stereocenters. The number of urea groups is 1. The third-order valence-electron chi connectivity index (χ3n) is 3.09. The molecule has 1 aliphatic rings. The maximum absolute atomic E-state index is 12.0. The number of piperidine rings is 1. The molecular formula is C11H19N3O5. The predicted octanol–water partition coefficient (Wildman–Crippen LogP) is -1.26. The van der Waals surface area contributed by atoms with Crippen LogP contribution in [-0.2, 0) is 9.59 Å². The van der Waals surface area contributed by atoms with E-state index in [-0.39, 0.29) is 5.91 Å². The van der Waals surface area contributed by atoms with Crippen LogP contribution in [0.1, 0.15) is 19.3 Å². The van der Waals surface area contributed by atoms with Crippen LogP contribution in [0.3, 0.4) is 0 Å². The Hall–Kier alpha value is -1.83. The number of nitrogens with zero attached hydrogens (tertiary/aromatic N) is 1. The minimum absolute atomic E-state index is 0.272. The van der Waals surface area contributed by atoms with Gasteiger partial charge in [0.15, 0.2) is 6.04 Å². The van der Waals surface area contributed by atoms with Gasteiger partial charge in [-0.2, -0.15) is 0 Å². The first-order valence-electron chi connectivity index (χ1n) is 6.13. The molecule has 8 nitrogen and oxygen atoms in total. The van der Waals surface area contributed by atoms with Gasteiger partial charge >= 0.3 is 12.0 Å². The van der Waals surface area contributed by atoms with Gasteiger partial charge in [0.2, 0.25) is 5.91 Å². The lowest BCUT2D eigenvalue weighted by Gasteiger charge is -2.34. The molecular weight excluding hydrogens is 254 g/mol. The molecule has 0 saturated carbocycles. The molecule has 8 heteroatoms. The number of carbonyl (C=O) groups excluding carboxylic acids is 2. The first kappa shape index (κ1) is 15.2. The zero-order valence-electron chi connectivity index (χ0n) is 10.8. The van der Waals surface area contributed by atoms with E-state index in [0.717, 1.165) is 12.8 Å². The van der Waals surface area contributed by atoms with Crippen molar-refractivity contribution < 1.29 is 24.6 Å². The maximum Gasteiger partial charge on any atom is 0.328 e. The molecule has 0 aromatic rings. The summed E-state index contributed by atoms with van der Waals surface area (Å²) in [5, 5.41) is 22.3. The van der Waals surface area contributed by atoms with Crippen LogP contribution in [0.2, 0.25) is 0 Å². The normalized spacial score (nSPS) is 20.5. The minimum atomic E-state index is -1.36. The van der Waals surface area contributed by atoms with Crippen molar-refractivity contribution in [3.8, 4) is 0 Å². The molecule has 19 heavy (non-hydrogen) atoms. The summed E-state index contributed by atoms with van der Waals surface area (Å²) in [7, 11) is 1.49. The van der Waals surface area contributed by atoms with Gasteiger partial charge in [-0.3, -0.25) is 4.79 Å². The van der Waals surface area contributed by atoms with Gasteiger partial charge < -0.3 is 25.7 Å². The van der Waals surface area contributed by atoms with Crippen molar-refractivity contribution in [2.24, 2.45) is 0 Å². The van der Waals surface area contributed by atoms with E-state index in [9.17, 15) is 14.4 Å². The maximum atomic E-state index is 12.0. The molecule has 1 rings (SSSR count). The van der Waals surface area contributed by atoms with Crippen LogP contribution in [0, 0.1) is 0 Å². The fourth-order valence-electron chi connectivity index (χ4n) is 2.03. The summed E-state index contributed by atoms with van der Waals surface area (Å²) in [6, 6.07) is -2.60. The number of hydrogen-bond donors (Lipinski definition) is 4. The molecule has 1 saturated heterocycles. The van der Waals surface area contributed by atoms with Crippen LogP contribution < -0.4 is 10.6 Å². The van der Waals surface area contributed by atoms with Gasteiger partial charge in [-0.1, -0.05) is 0 Å². The molecule has 0 spiro atoms. The van der Waals surface area contributed by atoms with Gasteiger partial charge in [0.25, 0.3) is 0 Å². The van der Waals surface area contributed by atoms with Crippen LogP contribution in [0.5, 0.6) is 0 Å². The summed E-state index contributed by atoms with van der Waals surface area (Å²) in [5.74, 6) is -1.59. The lowest BCUT2D eigenvalue weighted by molar-refractivity contribution is -0.140. The Morgan fingerprint density at radius 3 is 2.58 bits per heavy atom. The van der Waals surface area contributed by atoms with Gasteiger partial charge in [-0.15, -0.1) is 0 Å². The number of aliphatic hydroxyl groups is 1. The highest BCUT2D eigenvalue weighted by atomic mass is 16.4. The molecule has 1 aliphatic heterocycles. The second-order valence-corrected chi connectivity index (χ2v) is 4.34. The van der Waals surface area contributed by atoms with E-state index in [1.165, 1.54) is 11.9 Å². The third-order valence-corrected chi connectivity index (χ3v) is 3.09. The van der Waals surface area contributed by atoms with Crippen LogP contribution in [0.4, 0.5) is 4.79 Å². The number of aliphatic hydroxyl groups excluding tert-OH is 1. The smallest absolute Gasteiger partial charge is 0.328 e. The highest BCUT2D eigenvalue weighted by Crippen LogP contribution is 2.17. The second kappa shape index (κ2) is 6.93. The van der Waals surface area contributed by atoms with Crippen LogP contribution >= 0.6 is 0 Å². The standard InChI is InChI=1S/C11H19N3O5/c1-12-9(16)8-4-2-3-5-14(8)11(19)13-7(6-15)10(17)18/h7-8,15H,2-6H2,1H3,(H,12,16)(H,13,19)(H,17,18). The Bertz CT molecular complexity index is 360. The van der Waals surface area contributed by atoms with Crippen LogP contribution in [0.25, 0.3) is 0 Å². The Morgan fingerprint density at radius 2 is 2.05 bits per heavy atom. The summed E-state index contributed by atoms with van der Waals surface area (Å²) in [6.45, 7) is -0.304. The monoisotopic (exact) mass is 273 g/mol. The number of likely N-dealkylation sites (N-methyl/N-ethyl adjacent to an activating group) is 1. The molecule has 0 aliphatic carbocycles. The Labute approximate surface area is 110 Å². The molecule has 2 atom stereocenters. The van der Waals surface area contributed by atoms with Gasteiger partial charge in [0, 0.05) is 13.6 Å². The molecule has 1 heterocycles. The number of carboxylic acids is 1. The zero-order chi connectivity index (χ0) is 14.4. The molecule has 0 aromatic carbocycles. The van der Waals surface area contributed by atoms with Crippen molar-refractivity contribution in [1.82, 2.24) is 15.5 Å². The number of rotatable bonds is 4. The van der Waals surface area contributed by atoms with Crippen LogP contribution in [-0.4, -0.2) is 65.3 Å². The average molecular weight is 273 g/mol. The topological polar surface area (TPSA) is 119 Å². The number of amides is 3. The first-order valence-corrected chi connectivity index (χ1v) is 6.13. The molecule has 0 bridgehead atoms. The van der Waals surface area contributed by atoms with Gasteiger partial charge in [0.05, 0.1) is 6.61 Å². The van der Waals surface area contributed by atoms with Gasteiger partial charge in [-0.05, 0) is 19.3 Å². The van der Waals surface area contributed by atoms with Gasteiger partial charge in [0.1, 0.15) is 6.04 Å². The second-order valence-electron chi connectivity index (χ2n) is 4.34. The summed E-state index contributed by atoms with van der Waals surface area (Å²) in [4.78, 5) is 35.7. The molecule has 108 valence electrons. The third kappa shape index (κ3) is 3.82. The quantitative estimate of drug-likeness (QED) is 0.510. The first-order chi connectivity index (χ1) is 9.01. The largest absolute Gasteiger partial charge is 0.480 e. The highest BCUT2D eigenvalue weighted by molar-refractivity contribution is 5.88. The highest BCUT2D eigenvalue weighted by Gasteiger charge is 2.33. The summed E-state index contributed by atoms with van der Waals surface area (Å²) < 4.78 is 0. The van der Waals surface area contributed by atoms with Crippen molar-refractivity contribution >= 4 is 17.9 Å². The zero-order valence-corrected chi connectivity index (χ0v) is 10.8. The Kier molecular flexibility index (Phi) is 5.56. The number of hydrogen-bond acceptors (Lipinski definition) is 4. The molecule has 1 fully saturated rings. The van der Waals surface area contributed by atoms with E-state index in [1.54, 1.807) is 0 Å². The lowest BCUT2D eigenvalue weighted by atomic mass is 10.0. The lowest BCUT2D eigenvalue weighted by Crippen LogP contribution is -2.57. The number of aliphatic carboxylic acids is 1. The van der Waals surface area contributed by atoms with Crippen molar-refractivity contribution in [2.75, 3.05) is 20.2 Å². The SMILES string of the molecule is CNC(=O)C1CCCCN1C(=O)NC(CO)C(=O)O. The van der Waals surface area contributed by atoms with E-state index in [2.05, 4.69) is 10.6 Å². The Morgan fingerprint density at radius 1 is 1.37 bits per heavy atom. The summed E-state index contributed by atoms with van der Waals surface area (Å²) in [6.07, 6.45) is 2.14. The van der Waals surface area contributed by atoms with E-state index >= 15 is 0 Å². The van der Waals surface area contributed by atoms with Crippen LogP contribution in [0.15, 0.2) is 0 Å². The number of likely N-dealkylation sites (tertiary alicyclic amines) is 1. The fourth-order valence-corrected chi connectivity index (χ4v) is 2.03. The summed E-state index contributed by atoms with van der Waals surface area (Å²) in [5.41, 5.74) is 0. The number of nitrogens with one attached hydrogen (secondary N) is 2. The molecule has 3 amide bonds. The number of carboxylic acid groups (broad SMARTS) is 1. The van der Waals surface area contributed by atoms with Crippen molar-refractivity contribution in [2.45, 2.75) is 31.3 Å². The summed E-state index contributed by atoms with van der Waals surface area (Å²) >= 11 is 0. The predicted molar refractivity (Wildman–Crippen MR) is 65.5 cm³/mol. The molecule has 0 aromatic heterocycles. The van der Waals surface area contributed by atoms with Crippen molar-refractivity contribution in [3.05, 3.63) is 0 Å². The van der Waals surface area contributed by atoms with Crippen molar-refractivity contribution in [1.29, 1.82) is 0 Å².